The number of imidazole rings is 2. The Morgan fingerprint density at radius 1 is 0.852 bits per heavy atom. The van der Waals surface area contributed by atoms with E-state index in [0.717, 1.165) is 58.7 Å². The first kappa shape index (κ1) is 38.1. The number of hydrogen-bond acceptors (Lipinski definition) is 8. The molecule has 4 aromatic rings. The number of methoxy groups -OCH3 is 1. The number of nitrogens with zero attached hydrogens (tertiary/aromatic N) is 4. The van der Waals surface area contributed by atoms with Crippen LogP contribution in [0.3, 0.4) is 0 Å². The molecule has 6 rings (SSSR count). The van der Waals surface area contributed by atoms with E-state index in [1.807, 2.05) is 38.1 Å². The Bertz CT molecular complexity index is 1950. The number of carbonyl (C=O) groups excluding carboxylic acids is 4. The van der Waals surface area contributed by atoms with Crippen LogP contribution in [0, 0.1) is 5.92 Å². The zero-order valence-corrected chi connectivity index (χ0v) is 31.8. The molecule has 0 radical (unpaired) electrons. The van der Waals surface area contributed by atoms with Gasteiger partial charge in [-0.1, -0.05) is 62.4 Å². The Labute approximate surface area is 315 Å². The van der Waals surface area contributed by atoms with Crippen molar-refractivity contribution in [1.82, 2.24) is 40.4 Å². The first-order valence-corrected chi connectivity index (χ1v) is 18.5. The van der Waals surface area contributed by atoms with Crippen molar-refractivity contribution < 1.29 is 28.7 Å². The van der Waals surface area contributed by atoms with Crippen molar-refractivity contribution in [2.45, 2.75) is 90.6 Å². The number of H-pyrrole nitrogens is 2. The summed E-state index contributed by atoms with van der Waals surface area (Å²) in [6.07, 6.45) is 5.32. The van der Waals surface area contributed by atoms with Crippen LogP contribution in [-0.2, 0) is 25.6 Å². The van der Waals surface area contributed by atoms with E-state index in [-0.39, 0.29) is 23.8 Å². The van der Waals surface area contributed by atoms with Gasteiger partial charge < -0.3 is 39.9 Å². The third-order valence-corrected chi connectivity index (χ3v) is 9.75. The predicted octanol–water partition coefficient (Wildman–Crippen LogP) is 6.19. The summed E-state index contributed by atoms with van der Waals surface area (Å²) in [6, 6.07) is 14.9. The minimum absolute atomic E-state index is 0.104. The van der Waals surface area contributed by atoms with E-state index < -0.39 is 29.9 Å². The lowest BCUT2D eigenvalue weighted by atomic mass is 10.0. The average Bonchev–Trinajstić information content (AvgIpc) is 3.93. The summed E-state index contributed by atoms with van der Waals surface area (Å²) < 4.78 is 10.1. The van der Waals surface area contributed by atoms with Crippen molar-refractivity contribution in [2.24, 2.45) is 5.92 Å². The molecular weight excluding hydrogens is 688 g/mol. The normalized spacial score (nSPS) is 18.1. The first-order chi connectivity index (χ1) is 25.8. The fraction of sp³-hybridized carbons (Fsp3) is 0.450. The summed E-state index contributed by atoms with van der Waals surface area (Å²) in [5.74, 6) is 0.998. The van der Waals surface area contributed by atoms with E-state index in [0.29, 0.717) is 31.9 Å². The van der Waals surface area contributed by atoms with Crippen LogP contribution in [0.25, 0.3) is 33.6 Å². The molecule has 2 fully saturated rings. The van der Waals surface area contributed by atoms with Gasteiger partial charge in [0.15, 0.2) is 0 Å². The van der Waals surface area contributed by atoms with Gasteiger partial charge in [0.2, 0.25) is 11.8 Å². The molecule has 2 aliphatic rings. The Hall–Kier alpha value is -5.66. The molecule has 4 amide bonds. The van der Waals surface area contributed by atoms with Crippen LogP contribution in [0.2, 0.25) is 0 Å². The van der Waals surface area contributed by atoms with Gasteiger partial charge in [-0.3, -0.25) is 9.59 Å². The number of ether oxygens (including phenoxy) is 2. The molecule has 14 nitrogen and oxygen atoms in total. The van der Waals surface area contributed by atoms with E-state index in [1.54, 1.807) is 43.0 Å². The van der Waals surface area contributed by atoms with Crippen molar-refractivity contribution in [3.05, 3.63) is 72.6 Å². The second-order valence-corrected chi connectivity index (χ2v) is 15.2. The monoisotopic (exact) mass is 738 g/mol. The van der Waals surface area contributed by atoms with Gasteiger partial charge in [0.25, 0.3) is 0 Å². The minimum atomic E-state index is -0.687. The van der Waals surface area contributed by atoms with Crippen molar-refractivity contribution in [3.8, 4) is 33.6 Å². The molecule has 0 spiro atoms. The van der Waals surface area contributed by atoms with Crippen LogP contribution in [0.15, 0.2) is 60.9 Å². The number of aromatic amines is 2. The summed E-state index contributed by atoms with van der Waals surface area (Å²) in [7, 11) is 1.29. The molecule has 14 heteroatoms. The van der Waals surface area contributed by atoms with Crippen molar-refractivity contribution >= 4 is 24.0 Å². The van der Waals surface area contributed by atoms with E-state index in [1.165, 1.54) is 7.11 Å². The largest absolute Gasteiger partial charge is 0.453 e. The molecule has 0 saturated carbocycles. The molecule has 0 bridgehead atoms. The van der Waals surface area contributed by atoms with Crippen molar-refractivity contribution in [3.63, 3.8) is 0 Å². The van der Waals surface area contributed by atoms with Crippen LogP contribution < -0.4 is 10.6 Å². The highest BCUT2D eigenvalue weighted by Gasteiger charge is 2.37. The lowest BCUT2D eigenvalue weighted by Gasteiger charge is -2.32. The molecule has 54 heavy (non-hydrogen) atoms. The van der Waals surface area contributed by atoms with Gasteiger partial charge >= 0.3 is 12.2 Å². The number of amides is 4. The van der Waals surface area contributed by atoms with Crippen LogP contribution in [0.4, 0.5) is 9.59 Å². The highest BCUT2D eigenvalue weighted by Crippen LogP contribution is 2.33. The molecule has 286 valence electrons. The van der Waals surface area contributed by atoms with Gasteiger partial charge in [-0.2, -0.15) is 0 Å². The zero-order valence-electron chi connectivity index (χ0n) is 31.8. The molecule has 4 N–H and O–H groups in total. The number of nitrogens with one attached hydrogen (secondary N) is 4. The highest BCUT2D eigenvalue weighted by molar-refractivity contribution is 5.87. The molecule has 2 unspecified atom stereocenters. The lowest BCUT2D eigenvalue weighted by molar-refractivity contribution is -0.137. The maximum absolute atomic E-state index is 13.5. The van der Waals surface area contributed by atoms with Gasteiger partial charge in [-0.05, 0) is 74.6 Å². The van der Waals surface area contributed by atoms with E-state index >= 15 is 0 Å². The average molecular weight is 739 g/mol. The molecule has 4 heterocycles. The number of likely N-dealkylation sites (tertiary alicyclic amines) is 2. The Morgan fingerprint density at radius 2 is 1.44 bits per heavy atom. The number of piperidine rings is 1. The summed E-state index contributed by atoms with van der Waals surface area (Å²) in [5, 5.41) is 5.41. The molecule has 2 aromatic heterocycles. The van der Waals surface area contributed by atoms with Gasteiger partial charge in [-0.15, -0.1) is 0 Å². The number of carbonyl (C=O) groups is 4. The molecule has 2 saturated heterocycles. The fourth-order valence-electron chi connectivity index (χ4n) is 6.98. The fourth-order valence-corrected chi connectivity index (χ4v) is 6.98. The van der Waals surface area contributed by atoms with Gasteiger partial charge in [0.1, 0.15) is 29.3 Å². The summed E-state index contributed by atoms with van der Waals surface area (Å²) >= 11 is 0. The smallest absolute Gasteiger partial charge is 0.408 e. The molecule has 2 aliphatic heterocycles. The summed E-state index contributed by atoms with van der Waals surface area (Å²) in [6.45, 7) is 10.7. The molecule has 3 atom stereocenters. The Morgan fingerprint density at radius 3 is 2.06 bits per heavy atom. The quantitative estimate of drug-likeness (QED) is 0.149. The van der Waals surface area contributed by atoms with Crippen molar-refractivity contribution in [1.29, 1.82) is 0 Å². The zero-order chi connectivity index (χ0) is 38.6. The van der Waals surface area contributed by atoms with Gasteiger partial charge in [0, 0.05) is 13.1 Å². The minimum Gasteiger partial charge on any atom is -0.453 e. The van der Waals surface area contributed by atoms with E-state index in [2.05, 4.69) is 54.8 Å². The van der Waals surface area contributed by atoms with Crippen LogP contribution in [0.1, 0.15) is 78.0 Å². The Balaban J connectivity index is 1.06. The maximum Gasteiger partial charge on any atom is 0.408 e. The molecule has 2 aromatic carbocycles. The lowest BCUT2D eigenvalue weighted by Crippen LogP contribution is -2.52. The predicted molar refractivity (Wildman–Crippen MR) is 203 cm³/mol. The van der Waals surface area contributed by atoms with Crippen LogP contribution in [-0.4, -0.2) is 91.6 Å². The van der Waals surface area contributed by atoms with Gasteiger partial charge in [-0.25, -0.2) is 19.6 Å². The van der Waals surface area contributed by atoms with Crippen LogP contribution >= 0.6 is 0 Å². The highest BCUT2D eigenvalue weighted by atomic mass is 16.6. The topological polar surface area (TPSA) is 175 Å². The van der Waals surface area contributed by atoms with Crippen LogP contribution in [0.5, 0.6) is 0 Å². The second kappa shape index (κ2) is 16.1. The molecular formula is C40H50N8O6. The standard InChI is InChI=1S/C40H50N8O6/c1-24(2)34(46-38(51)53-6)37(50)48-20-8-10-32(48)35-42-22-31(44-35)28-17-13-26(14-18-28)25-11-15-27(16-12-25)30-21-41-33(43-30)23-47-19-7-9-29(36(47)49)45-39(52)54-40(3,4)5/h11-18,21-22,24,29,32,34H,7-10,19-20,23H2,1-6H3,(H,41,43)(H,42,44)(H,45,52)(H,46,51)/t29?,32-,34?/m0/s1. The third-order valence-electron chi connectivity index (χ3n) is 9.75. The number of benzene rings is 2. The molecule has 0 aliphatic carbocycles. The Kier molecular flexibility index (Phi) is 11.4. The number of alkyl carbamates (subject to hydrolysis) is 2. The number of rotatable bonds is 10. The maximum atomic E-state index is 13.5. The first-order valence-electron chi connectivity index (χ1n) is 18.5. The summed E-state index contributed by atoms with van der Waals surface area (Å²) in [5.41, 5.74) is 5.11. The SMILES string of the molecule is COC(=O)NC(C(=O)N1CCC[C@H]1c1ncc(-c2ccc(-c3ccc(-c4cnc(CN5CCCC(NC(=O)OC(C)(C)C)C5=O)[nH]4)cc3)cc2)[nH]1)C(C)C. The van der Waals surface area contributed by atoms with E-state index in [4.69, 9.17) is 9.47 Å². The number of aromatic nitrogens is 4. The number of hydrogen-bond donors (Lipinski definition) is 4. The van der Waals surface area contributed by atoms with Gasteiger partial charge in [0.05, 0.1) is 43.5 Å². The summed E-state index contributed by atoms with van der Waals surface area (Å²) in [4.78, 5) is 70.3. The van der Waals surface area contributed by atoms with Crippen molar-refractivity contribution in [2.75, 3.05) is 20.2 Å². The third kappa shape index (κ3) is 8.92. The second-order valence-electron chi connectivity index (χ2n) is 15.2. The van der Waals surface area contributed by atoms with E-state index in [9.17, 15) is 19.2 Å².